The fraction of sp³-hybridized carbons (Fsp3) is 0.375. The number of non-ortho nitro benzene ring substituents is 1. The van der Waals surface area contributed by atoms with Gasteiger partial charge >= 0.3 is 5.97 Å². The first kappa shape index (κ1) is 17.1. The molecule has 2 heterocycles. The molecule has 25 heavy (non-hydrogen) atoms. The number of carboxylic acid groups (broad SMARTS) is 1. The second-order valence-corrected chi connectivity index (χ2v) is 5.58. The van der Waals surface area contributed by atoms with Gasteiger partial charge in [-0.15, -0.1) is 0 Å². The van der Waals surface area contributed by atoms with Crippen LogP contribution in [0.3, 0.4) is 0 Å². The Hall–Kier alpha value is -2.78. The Labute approximate surface area is 142 Å². The van der Waals surface area contributed by atoms with Crippen LogP contribution in [0, 0.1) is 10.1 Å². The van der Waals surface area contributed by atoms with E-state index < -0.39 is 23.3 Å². The molecule has 1 aromatic heterocycles. The first-order valence-electron chi connectivity index (χ1n) is 7.75. The van der Waals surface area contributed by atoms with Crippen molar-refractivity contribution in [3.8, 4) is 0 Å². The van der Waals surface area contributed by atoms with Crippen molar-refractivity contribution in [2.75, 3.05) is 6.61 Å². The average Bonchev–Trinajstić information content (AvgIpc) is 3.10. The normalized spacial score (nSPS) is 18.6. The van der Waals surface area contributed by atoms with E-state index in [1.165, 1.54) is 24.3 Å². The number of hydrogen-bond donors (Lipinski definition) is 1. The fourth-order valence-electron chi connectivity index (χ4n) is 2.64. The van der Waals surface area contributed by atoms with Crippen molar-refractivity contribution in [3.63, 3.8) is 0 Å². The fourth-order valence-corrected chi connectivity index (χ4v) is 2.64. The van der Waals surface area contributed by atoms with Crippen LogP contribution >= 0.6 is 0 Å². The lowest BCUT2D eigenvalue weighted by Crippen LogP contribution is -2.25. The minimum Gasteiger partial charge on any atom is -0.478 e. The van der Waals surface area contributed by atoms with E-state index in [0.717, 1.165) is 19.1 Å². The van der Waals surface area contributed by atoms with Gasteiger partial charge in [-0.25, -0.2) is 4.79 Å². The second-order valence-electron chi connectivity index (χ2n) is 5.58. The summed E-state index contributed by atoms with van der Waals surface area (Å²) < 4.78 is 16.3. The molecule has 132 valence electrons. The van der Waals surface area contributed by atoms with Crippen molar-refractivity contribution in [2.45, 2.75) is 31.7 Å². The Kier molecular flexibility index (Phi) is 5.05. The summed E-state index contributed by atoms with van der Waals surface area (Å²) in [6.07, 6.45) is 2.19. The number of aromatic carboxylic acids is 1. The Morgan fingerprint density at radius 3 is 2.72 bits per heavy atom. The number of aromatic nitrogens is 1. The summed E-state index contributed by atoms with van der Waals surface area (Å²) in [5, 5.41) is 23.9. The van der Waals surface area contributed by atoms with E-state index in [-0.39, 0.29) is 16.9 Å². The van der Waals surface area contributed by atoms with Crippen LogP contribution in [0.1, 0.15) is 47.0 Å². The molecule has 9 nitrogen and oxygen atoms in total. The zero-order valence-corrected chi connectivity index (χ0v) is 13.2. The molecule has 0 aliphatic carbocycles. The quantitative estimate of drug-likeness (QED) is 0.624. The van der Waals surface area contributed by atoms with Crippen molar-refractivity contribution in [2.24, 2.45) is 0 Å². The standard InChI is InChI=1S/C16H16N2O7/c19-16(20)12-9-24-17-14(12)15(25-13-3-1-2-8-23-13)10-4-6-11(7-5-10)18(21)22/h4-7,9,13,15H,1-3,8H2,(H,19,20)/t13-,15-/m0/s1. The van der Waals surface area contributed by atoms with Gasteiger partial charge < -0.3 is 19.1 Å². The van der Waals surface area contributed by atoms with Crippen LogP contribution in [-0.2, 0) is 9.47 Å². The van der Waals surface area contributed by atoms with E-state index >= 15 is 0 Å². The number of hydrogen-bond acceptors (Lipinski definition) is 7. The van der Waals surface area contributed by atoms with Crippen molar-refractivity contribution in [3.05, 3.63) is 57.5 Å². The zero-order valence-electron chi connectivity index (χ0n) is 13.2. The molecule has 2 aromatic rings. The van der Waals surface area contributed by atoms with Crippen LogP contribution in [0.5, 0.6) is 0 Å². The van der Waals surface area contributed by atoms with Crippen molar-refractivity contribution < 1.29 is 28.8 Å². The van der Waals surface area contributed by atoms with Gasteiger partial charge in [0, 0.05) is 18.7 Å². The molecule has 0 radical (unpaired) electrons. The van der Waals surface area contributed by atoms with Crippen LogP contribution in [-0.4, -0.2) is 34.1 Å². The molecule has 1 aliphatic rings. The smallest absolute Gasteiger partial charge is 0.341 e. The third kappa shape index (κ3) is 3.83. The lowest BCUT2D eigenvalue weighted by molar-refractivity contribution is -0.384. The van der Waals surface area contributed by atoms with Crippen molar-refractivity contribution in [1.29, 1.82) is 0 Å². The summed E-state index contributed by atoms with van der Waals surface area (Å²) in [6, 6.07) is 5.67. The minimum atomic E-state index is -1.20. The third-order valence-corrected chi connectivity index (χ3v) is 3.91. The average molecular weight is 348 g/mol. The summed E-state index contributed by atoms with van der Waals surface area (Å²) in [5.74, 6) is -1.20. The lowest BCUT2D eigenvalue weighted by atomic mass is 10.0. The van der Waals surface area contributed by atoms with Crippen molar-refractivity contribution >= 4 is 11.7 Å². The largest absolute Gasteiger partial charge is 0.478 e. The zero-order chi connectivity index (χ0) is 17.8. The summed E-state index contributed by atoms with van der Waals surface area (Å²) in [7, 11) is 0. The highest BCUT2D eigenvalue weighted by Crippen LogP contribution is 2.32. The Balaban J connectivity index is 1.94. The van der Waals surface area contributed by atoms with Crippen LogP contribution in [0.2, 0.25) is 0 Å². The Morgan fingerprint density at radius 1 is 1.36 bits per heavy atom. The first-order valence-corrected chi connectivity index (χ1v) is 7.75. The molecular weight excluding hydrogens is 332 g/mol. The number of nitrogens with zero attached hydrogens (tertiary/aromatic N) is 2. The molecule has 1 saturated heterocycles. The molecule has 2 atom stereocenters. The molecule has 1 N–H and O–H groups in total. The molecule has 0 unspecified atom stereocenters. The summed E-state index contributed by atoms with van der Waals surface area (Å²) >= 11 is 0. The molecule has 0 bridgehead atoms. The molecule has 1 fully saturated rings. The molecule has 0 saturated carbocycles. The Morgan fingerprint density at radius 2 is 2.12 bits per heavy atom. The second kappa shape index (κ2) is 7.41. The number of rotatable bonds is 6. The third-order valence-electron chi connectivity index (χ3n) is 3.91. The van der Waals surface area contributed by atoms with Gasteiger partial charge in [-0.3, -0.25) is 10.1 Å². The Bertz CT molecular complexity index is 750. The molecular formula is C16H16N2O7. The number of nitro benzene ring substituents is 1. The van der Waals surface area contributed by atoms with Crippen molar-refractivity contribution in [1.82, 2.24) is 5.16 Å². The molecule has 0 amide bonds. The number of benzene rings is 1. The highest BCUT2D eigenvalue weighted by atomic mass is 16.7. The van der Waals surface area contributed by atoms with Gasteiger partial charge in [0.05, 0.1) is 4.92 Å². The van der Waals surface area contributed by atoms with E-state index in [9.17, 15) is 20.0 Å². The summed E-state index contributed by atoms with van der Waals surface area (Å²) in [5.41, 5.74) is 0.417. The van der Waals surface area contributed by atoms with Gasteiger partial charge in [0.25, 0.3) is 5.69 Å². The maximum atomic E-state index is 11.4. The highest BCUT2D eigenvalue weighted by molar-refractivity contribution is 5.88. The van der Waals surface area contributed by atoms with Gasteiger partial charge in [-0.05, 0) is 37.0 Å². The van der Waals surface area contributed by atoms with Crippen LogP contribution in [0.25, 0.3) is 0 Å². The summed E-state index contributed by atoms with van der Waals surface area (Å²) in [6.45, 7) is 0.558. The number of carboxylic acids is 1. The van der Waals surface area contributed by atoms with E-state index in [2.05, 4.69) is 5.16 Å². The van der Waals surface area contributed by atoms with E-state index in [4.69, 9.17) is 14.0 Å². The monoisotopic (exact) mass is 348 g/mol. The SMILES string of the molecule is O=C(O)c1conc1[C@@H](O[C@H]1CCCCO1)c1ccc([N+](=O)[O-])cc1. The first-order chi connectivity index (χ1) is 12.1. The molecule has 9 heteroatoms. The van der Waals surface area contributed by atoms with Crippen LogP contribution in [0.15, 0.2) is 35.1 Å². The predicted molar refractivity (Wildman–Crippen MR) is 83.1 cm³/mol. The van der Waals surface area contributed by atoms with Gasteiger partial charge in [0.2, 0.25) is 0 Å². The maximum absolute atomic E-state index is 11.4. The molecule has 3 rings (SSSR count). The van der Waals surface area contributed by atoms with Gasteiger partial charge in [-0.2, -0.15) is 0 Å². The van der Waals surface area contributed by atoms with Gasteiger partial charge in [0.1, 0.15) is 23.6 Å². The van der Waals surface area contributed by atoms with Crippen LogP contribution < -0.4 is 0 Å². The van der Waals surface area contributed by atoms with E-state index in [1.54, 1.807) is 0 Å². The topological polar surface area (TPSA) is 125 Å². The number of nitro groups is 1. The lowest BCUT2D eigenvalue weighted by Gasteiger charge is -2.27. The summed E-state index contributed by atoms with van der Waals surface area (Å²) in [4.78, 5) is 21.7. The predicted octanol–water partition coefficient (Wildman–Crippen LogP) is 2.91. The molecule has 0 spiro atoms. The van der Waals surface area contributed by atoms with E-state index in [0.29, 0.717) is 18.6 Å². The maximum Gasteiger partial charge on any atom is 0.341 e. The minimum absolute atomic E-state index is 0.0740. The van der Waals surface area contributed by atoms with Crippen LogP contribution in [0.4, 0.5) is 5.69 Å². The highest BCUT2D eigenvalue weighted by Gasteiger charge is 2.29. The number of ether oxygens (including phenoxy) is 2. The molecule has 1 aromatic carbocycles. The number of carbonyl (C=O) groups is 1. The van der Waals surface area contributed by atoms with Gasteiger partial charge in [0.15, 0.2) is 6.29 Å². The van der Waals surface area contributed by atoms with Gasteiger partial charge in [-0.1, -0.05) is 5.16 Å². The molecule has 1 aliphatic heterocycles. The van der Waals surface area contributed by atoms with E-state index in [1.807, 2.05) is 0 Å².